The Morgan fingerprint density at radius 2 is 1.21 bits per heavy atom. The van der Waals surface area contributed by atoms with Gasteiger partial charge in [0, 0.05) is 25.2 Å². The van der Waals surface area contributed by atoms with E-state index < -0.39 is 0 Å². The second-order valence-corrected chi connectivity index (χ2v) is 7.54. The van der Waals surface area contributed by atoms with Crippen molar-refractivity contribution in [3.63, 3.8) is 0 Å². The Hall–Kier alpha value is 0.500. The molecular weight excluding hydrogens is 339 g/mol. The van der Waals surface area contributed by atoms with E-state index in [0.717, 1.165) is 6.04 Å². The van der Waals surface area contributed by atoms with Crippen molar-refractivity contribution < 1.29 is 0 Å². The Balaban J connectivity index is 0. The first-order valence-corrected chi connectivity index (χ1v) is 10.2. The monoisotopic (exact) mass is 382 g/mol. The van der Waals surface area contributed by atoms with Crippen LogP contribution in [0.1, 0.15) is 97.8 Å². The van der Waals surface area contributed by atoms with E-state index in [4.69, 9.17) is 0 Å². The summed E-state index contributed by atoms with van der Waals surface area (Å²) in [7, 11) is 0. The van der Waals surface area contributed by atoms with Gasteiger partial charge in [-0.15, -0.1) is 24.8 Å². The number of nitrogens with zero attached hydrogens (tertiary/aromatic N) is 1. The molecule has 1 aliphatic heterocycles. The van der Waals surface area contributed by atoms with Gasteiger partial charge in [0.1, 0.15) is 0 Å². The topological polar surface area (TPSA) is 15.3 Å². The summed E-state index contributed by atoms with van der Waals surface area (Å²) in [6.07, 6.45) is 17.3. The fraction of sp³-hybridized carbons (Fsp3) is 1.00. The molecule has 0 aromatic heterocycles. The maximum absolute atomic E-state index is 3.57. The molecule has 2 unspecified atom stereocenters. The van der Waals surface area contributed by atoms with Gasteiger partial charge in [-0.3, -0.25) is 4.90 Å². The summed E-state index contributed by atoms with van der Waals surface area (Å²) >= 11 is 0. The van der Waals surface area contributed by atoms with Crippen LogP contribution in [0, 0.1) is 0 Å². The highest BCUT2D eigenvalue weighted by Gasteiger charge is 2.21. The van der Waals surface area contributed by atoms with E-state index in [2.05, 4.69) is 31.0 Å². The minimum Gasteiger partial charge on any atom is -0.311 e. The fourth-order valence-electron chi connectivity index (χ4n) is 3.56. The molecule has 0 spiro atoms. The van der Waals surface area contributed by atoms with Crippen LogP contribution in [0.15, 0.2) is 0 Å². The summed E-state index contributed by atoms with van der Waals surface area (Å²) in [5, 5.41) is 3.57. The van der Waals surface area contributed by atoms with Gasteiger partial charge in [-0.1, -0.05) is 77.6 Å². The second kappa shape index (κ2) is 18.3. The molecule has 1 rings (SSSR count). The van der Waals surface area contributed by atoms with Crippen LogP contribution in [0.3, 0.4) is 0 Å². The summed E-state index contributed by atoms with van der Waals surface area (Å²) in [5.74, 6) is 0. The van der Waals surface area contributed by atoms with Gasteiger partial charge in [-0.25, -0.2) is 0 Å². The van der Waals surface area contributed by atoms with Gasteiger partial charge in [0.2, 0.25) is 0 Å². The quantitative estimate of drug-likeness (QED) is 0.380. The lowest BCUT2D eigenvalue weighted by molar-refractivity contribution is 0.144. The molecule has 2 nitrogen and oxygen atoms in total. The molecule has 1 fully saturated rings. The zero-order chi connectivity index (χ0) is 16.0. The van der Waals surface area contributed by atoms with Gasteiger partial charge >= 0.3 is 0 Å². The number of halogens is 2. The van der Waals surface area contributed by atoms with Crippen molar-refractivity contribution >= 4 is 24.8 Å². The molecule has 1 saturated heterocycles. The first-order valence-electron chi connectivity index (χ1n) is 10.2. The number of hydrogen-bond donors (Lipinski definition) is 1. The van der Waals surface area contributed by atoms with Crippen LogP contribution in [0.5, 0.6) is 0 Å². The number of unbranched alkanes of at least 4 members (excludes halogenated alkanes) is 11. The van der Waals surface area contributed by atoms with Crippen LogP contribution >= 0.6 is 24.8 Å². The normalized spacial score (nSPS) is 21.1. The Morgan fingerprint density at radius 3 is 1.71 bits per heavy atom. The summed E-state index contributed by atoms with van der Waals surface area (Å²) in [6.45, 7) is 10.7. The lowest BCUT2D eigenvalue weighted by Crippen LogP contribution is -2.54. The van der Waals surface area contributed by atoms with Gasteiger partial charge in [0.25, 0.3) is 0 Å². The van der Waals surface area contributed by atoms with Gasteiger partial charge in [0.05, 0.1) is 0 Å². The van der Waals surface area contributed by atoms with Gasteiger partial charge in [-0.05, 0) is 26.8 Å². The van der Waals surface area contributed by atoms with E-state index in [1.165, 1.54) is 96.7 Å². The first kappa shape index (κ1) is 26.7. The molecule has 1 aliphatic rings. The molecule has 2 atom stereocenters. The molecule has 0 bridgehead atoms. The molecule has 1 N–H and O–H groups in total. The Bertz CT molecular complexity index is 252. The zero-order valence-corrected chi connectivity index (χ0v) is 18.2. The Kier molecular flexibility index (Phi) is 20.4. The standard InChI is InChI=1S/C20H42N2.2ClH/c1-4-5-6-7-8-9-10-11-12-13-14-15-16-22-18-19(2)21-17-20(22)3;;/h19-21H,4-18H2,1-3H3;2*1H. The van der Waals surface area contributed by atoms with Crippen LogP contribution in [-0.2, 0) is 0 Å². The molecule has 4 heteroatoms. The number of rotatable bonds is 13. The van der Waals surface area contributed by atoms with Crippen molar-refractivity contribution in [3.05, 3.63) is 0 Å². The summed E-state index contributed by atoms with van der Waals surface area (Å²) in [4.78, 5) is 2.68. The summed E-state index contributed by atoms with van der Waals surface area (Å²) < 4.78 is 0. The third-order valence-corrected chi connectivity index (χ3v) is 5.19. The van der Waals surface area contributed by atoms with Gasteiger partial charge < -0.3 is 5.32 Å². The van der Waals surface area contributed by atoms with Gasteiger partial charge in [0.15, 0.2) is 0 Å². The molecule has 0 radical (unpaired) electrons. The highest BCUT2D eigenvalue weighted by molar-refractivity contribution is 5.85. The Morgan fingerprint density at radius 1 is 0.750 bits per heavy atom. The van der Waals surface area contributed by atoms with Crippen LogP contribution in [0.4, 0.5) is 0 Å². The van der Waals surface area contributed by atoms with E-state index in [0.29, 0.717) is 6.04 Å². The van der Waals surface area contributed by atoms with Crippen LogP contribution in [-0.4, -0.2) is 36.6 Å². The SMILES string of the molecule is CCCCCCCCCCCCCCN1CC(C)NCC1C.Cl.Cl. The van der Waals surface area contributed by atoms with Gasteiger partial charge in [-0.2, -0.15) is 0 Å². The maximum atomic E-state index is 3.57. The molecule has 148 valence electrons. The molecule has 24 heavy (non-hydrogen) atoms. The summed E-state index contributed by atoms with van der Waals surface area (Å²) in [5.41, 5.74) is 0. The number of hydrogen-bond acceptors (Lipinski definition) is 2. The van der Waals surface area contributed by atoms with E-state index in [9.17, 15) is 0 Å². The van der Waals surface area contributed by atoms with E-state index in [1.54, 1.807) is 0 Å². The third kappa shape index (κ3) is 13.8. The van der Waals surface area contributed by atoms with E-state index >= 15 is 0 Å². The summed E-state index contributed by atoms with van der Waals surface area (Å²) in [6, 6.07) is 1.40. The molecule has 1 heterocycles. The molecule has 0 aromatic carbocycles. The predicted octanol–water partition coefficient (Wildman–Crippen LogP) is 6.21. The molecule has 0 aliphatic carbocycles. The zero-order valence-electron chi connectivity index (χ0n) is 16.5. The van der Waals surface area contributed by atoms with Crippen molar-refractivity contribution in [2.24, 2.45) is 0 Å². The van der Waals surface area contributed by atoms with Crippen molar-refractivity contribution in [2.45, 2.75) is 110 Å². The molecule has 0 aromatic rings. The molecule has 0 saturated carbocycles. The lowest BCUT2D eigenvalue weighted by atomic mass is 10.0. The minimum absolute atomic E-state index is 0. The van der Waals surface area contributed by atoms with Crippen LogP contribution < -0.4 is 5.32 Å². The van der Waals surface area contributed by atoms with Crippen molar-refractivity contribution in [2.75, 3.05) is 19.6 Å². The smallest absolute Gasteiger partial charge is 0.0193 e. The third-order valence-electron chi connectivity index (χ3n) is 5.19. The average Bonchev–Trinajstić information content (AvgIpc) is 2.51. The van der Waals surface area contributed by atoms with E-state index in [-0.39, 0.29) is 24.8 Å². The fourth-order valence-corrected chi connectivity index (χ4v) is 3.56. The average molecular weight is 383 g/mol. The van der Waals surface area contributed by atoms with Crippen molar-refractivity contribution in [1.82, 2.24) is 10.2 Å². The van der Waals surface area contributed by atoms with E-state index in [1.807, 2.05) is 0 Å². The second-order valence-electron chi connectivity index (χ2n) is 7.54. The Labute approximate surface area is 164 Å². The molecule has 0 amide bonds. The highest BCUT2D eigenvalue weighted by atomic mass is 35.5. The number of nitrogens with one attached hydrogen (secondary N) is 1. The van der Waals surface area contributed by atoms with Crippen molar-refractivity contribution in [3.8, 4) is 0 Å². The first-order chi connectivity index (χ1) is 10.7. The predicted molar refractivity (Wildman–Crippen MR) is 114 cm³/mol. The number of piperazine rings is 1. The molecular formula is C20H44Cl2N2. The van der Waals surface area contributed by atoms with Crippen LogP contribution in [0.25, 0.3) is 0 Å². The highest BCUT2D eigenvalue weighted by Crippen LogP contribution is 2.13. The lowest BCUT2D eigenvalue weighted by Gasteiger charge is -2.37. The van der Waals surface area contributed by atoms with Crippen molar-refractivity contribution in [1.29, 1.82) is 0 Å². The minimum atomic E-state index is 0. The van der Waals surface area contributed by atoms with Crippen LogP contribution in [0.2, 0.25) is 0 Å². The largest absolute Gasteiger partial charge is 0.311 e. The maximum Gasteiger partial charge on any atom is 0.0193 e.